The third-order valence-corrected chi connectivity index (χ3v) is 1.57. The van der Waals surface area contributed by atoms with Crippen molar-refractivity contribution in [3.63, 3.8) is 0 Å². The van der Waals surface area contributed by atoms with Crippen molar-refractivity contribution in [2.24, 2.45) is 16.8 Å². The molecule has 0 fully saturated rings. The lowest BCUT2D eigenvalue weighted by Gasteiger charge is -2.13. The van der Waals surface area contributed by atoms with E-state index in [2.05, 4.69) is 10.5 Å². The zero-order chi connectivity index (χ0) is 9.68. The number of hydrogen-bond acceptors (Lipinski definition) is 3. The molecule has 70 valence electrons. The normalized spacial score (nSPS) is 26.5. The van der Waals surface area contributed by atoms with Crippen LogP contribution in [0.15, 0.2) is 29.4 Å². The number of amides is 2. The van der Waals surface area contributed by atoms with Crippen LogP contribution in [-0.2, 0) is 0 Å². The third-order valence-electron chi connectivity index (χ3n) is 1.57. The number of carbonyl (C=O) groups excluding carboxylic acids is 1. The Labute approximate surface area is 75.6 Å². The van der Waals surface area contributed by atoms with Crippen molar-refractivity contribution in [3.8, 4) is 0 Å². The SMILES string of the molecule is NC(=O)NN=CC1C=CC=CC1O. The van der Waals surface area contributed by atoms with Gasteiger partial charge >= 0.3 is 6.03 Å². The van der Waals surface area contributed by atoms with Crippen LogP contribution in [0.2, 0.25) is 0 Å². The van der Waals surface area contributed by atoms with E-state index in [1.54, 1.807) is 24.3 Å². The number of nitrogens with zero attached hydrogens (tertiary/aromatic N) is 1. The first-order chi connectivity index (χ1) is 6.20. The molecule has 0 aromatic heterocycles. The first kappa shape index (κ1) is 9.47. The fourth-order valence-electron chi connectivity index (χ4n) is 0.937. The maximum absolute atomic E-state index is 10.2. The van der Waals surface area contributed by atoms with Gasteiger partial charge in [0.15, 0.2) is 0 Å². The first-order valence-electron chi connectivity index (χ1n) is 3.82. The molecule has 0 radical (unpaired) electrons. The molecule has 0 bridgehead atoms. The molecule has 0 heterocycles. The molecular formula is C8H11N3O2. The van der Waals surface area contributed by atoms with E-state index < -0.39 is 12.1 Å². The van der Waals surface area contributed by atoms with Crippen LogP contribution < -0.4 is 11.2 Å². The molecule has 13 heavy (non-hydrogen) atoms. The van der Waals surface area contributed by atoms with Crippen molar-refractivity contribution in [3.05, 3.63) is 24.3 Å². The Morgan fingerprint density at radius 1 is 1.54 bits per heavy atom. The first-order valence-corrected chi connectivity index (χ1v) is 3.82. The molecule has 0 aromatic rings. The van der Waals surface area contributed by atoms with Crippen molar-refractivity contribution in [1.82, 2.24) is 5.43 Å². The summed E-state index contributed by atoms with van der Waals surface area (Å²) < 4.78 is 0. The molecule has 0 saturated heterocycles. The Balaban J connectivity index is 2.44. The highest BCUT2D eigenvalue weighted by atomic mass is 16.3. The molecule has 0 saturated carbocycles. The number of carbonyl (C=O) groups is 1. The van der Waals surface area contributed by atoms with E-state index in [0.29, 0.717) is 0 Å². The van der Waals surface area contributed by atoms with Gasteiger partial charge in [-0.2, -0.15) is 5.10 Å². The van der Waals surface area contributed by atoms with Gasteiger partial charge in [0.2, 0.25) is 0 Å². The van der Waals surface area contributed by atoms with Gasteiger partial charge in [0.05, 0.1) is 6.10 Å². The smallest absolute Gasteiger partial charge is 0.332 e. The molecule has 5 heteroatoms. The van der Waals surface area contributed by atoms with E-state index >= 15 is 0 Å². The highest BCUT2D eigenvalue weighted by Gasteiger charge is 2.12. The van der Waals surface area contributed by atoms with Crippen molar-refractivity contribution in [1.29, 1.82) is 0 Å². The van der Waals surface area contributed by atoms with E-state index in [9.17, 15) is 9.90 Å². The fourth-order valence-corrected chi connectivity index (χ4v) is 0.937. The summed E-state index contributed by atoms with van der Waals surface area (Å²) in [5, 5.41) is 12.9. The van der Waals surface area contributed by atoms with Crippen LogP contribution in [0.5, 0.6) is 0 Å². The summed E-state index contributed by atoms with van der Waals surface area (Å²) in [5.74, 6) is -0.211. The van der Waals surface area contributed by atoms with Gasteiger partial charge < -0.3 is 10.8 Å². The molecule has 4 N–H and O–H groups in total. The molecular weight excluding hydrogens is 170 g/mol. The van der Waals surface area contributed by atoms with Crippen LogP contribution in [0.3, 0.4) is 0 Å². The molecule has 1 aliphatic rings. The topological polar surface area (TPSA) is 87.7 Å². The Morgan fingerprint density at radius 3 is 2.85 bits per heavy atom. The van der Waals surface area contributed by atoms with Crippen molar-refractivity contribution >= 4 is 12.2 Å². The standard InChI is InChI=1S/C8H11N3O2/c9-8(13)11-10-5-6-3-1-2-4-7(6)12/h1-7,12H,(H3,9,11,13). The van der Waals surface area contributed by atoms with Crippen molar-refractivity contribution in [2.45, 2.75) is 6.10 Å². The van der Waals surface area contributed by atoms with Crippen LogP contribution in [0, 0.1) is 5.92 Å². The number of aliphatic hydroxyl groups excluding tert-OH is 1. The molecule has 1 rings (SSSR count). The Bertz CT molecular complexity index is 271. The number of nitrogens with two attached hydrogens (primary N) is 1. The monoisotopic (exact) mass is 181 g/mol. The van der Waals surface area contributed by atoms with Crippen LogP contribution >= 0.6 is 0 Å². The zero-order valence-corrected chi connectivity index (χ0v) is 6.92. The number of primary amides is 1. The van der Waals surface area contributed by atoms with Gasteiger partial charge in [-0.05, 0) is 0 Å². The number of hydrogen-bond donors (Lipinski definition) is 3. The average molecular weight is 181 g/mol. The maximum atomic E-state index is 10.2. The second-order valence-corrected chi connectivity index (χ2v) is 2.59. The molecule has 5 nitrogen and oxygen atoms in total. The number of nitrogens with one attached hydrogen (secondary N) is 1. The molecule has 2 atom stereocenters. The number of urea groups is 1. The van der Waals surface area contributed by atoms with Gasteiger partial charge in [0.25, 0.3) is 0 Å². The van der Waals surface area contributed by atoms with Crippen LogP contribution in [0.4, 0.5) is 4.79 Å². The summed E-state index contributed by atoms with van der Waals surface area (Å²) in [6.45, 7) is 0. The molecule has 2 amide bonds. The molecule has 0 aliphatic heterocycles. The lowest BCUT2D eigenvalue weighted by atomic mass is 9.99. The van der Waals surface area contributed by atoms with Gasteiger partial charge in [0.1, 0.15) is 0 Å². The lowest BCUT2D eigenvalue weighted by molar-refractivity contribution is 0.204. The summed E-state index contributed by atoms with van der Waals surface area (Å²) >= 11 is 0. The van der Waals surface area contributed by atoms with Crippen molar-refractivity contribution < 1.29 is 9.90 Å². The largest absolute Gasteiger partial charge is 0.388 e. The molecule has 0 spiro atoms. The van der Waals surface area contributed by atoms with Crippen molar-refractivity contribution in [2.75, 3.05) is 0 Å². The molecule has 2 unspecified atom stereocenters. The van der Waals surface area contributed by atoms with E-state index in [4.69, 9.17) is 5.73 Å². The van der Waals surface area contributed by atoms with Crippen LogP contribution in [-0.4, -0.2) is 23.5 Å². The van der Waals surface area contributed by atoms with Gasteiger partial charge in [-0.3, -0.25) is 0 Å². The fraction of sp³-hybridized carbons (Fsp3) is 0.250. The van der Waals surface area contributed by atoms with E-state index in [0.717, 1.165) is 0 Å². The number of aliphatic hydroxyl groups is 1. The van der Waals surface area contributed by atoms with Gasteiger partial charge in [-0.25, -0.2) is 10.2 Å². The maximum Gasteiger partial charge on any atom is 0.332 e. The Hall–Kier alpha value is -1.62. The van der Waals surface area contributed by atoms with Crippen LogP contribution in [0.25, 0.3) is 0 Å². The van der Waals surface area contributed by atoms with E-state index in [1.807, 2.05) is 0 Å². The van der Waals surface area contributed by atoms with Crippen LogP contribution in [0.1, 0.15) is 0 Å². The highest BCUT2D eigenvalue weighted by molar-refractivity contribution is 5.73. The van der Waals surface area contributed by atoms with Gasteiger partial charge in [-0.15, -0.1) is 0 Å². The second-order valence-electron chi connectivity index (χ2n) is 2.59. The predicted molar refractivity (Wildman–Crippen MR) is 49.0 cm³/mol. The number of rotatable bonds is 2. The summed E-state index contributed by atoms with van der Waals surface area (Å²) in [5.41, 5.74) is 6.84. The predicted octanol–water partition coefficient (Wildman–Crippen LogP) is -0.256. The third kappa shape index (κ3) is 3.08. The van der Waals surface area contributed by atoms with E-state index in [-0.39, 0.29) is 5.92 Å². The summed E-state index contributed by atoms with van der Waals surface area (Å²) in [6, 6.07) is -0.721. The Morgan fingerprint density at radius 2 is 2.23 bits per heavy atom. The van der Waals surface area contributed by atoms with Gasteiger partial charge in [0, 0.05) is 12.1 Å². The summed E-state index contributed by atoms with van der Waals surface area (Å²) in [7, 11) is 0. The molecule has 0 aromatic carbocycles. The zero-order valence-electron chi connectivity index (χ0n) is 6.92. The van der Waals surface area contributed by atoms with E-state index in [1.165, 1.54) is 6.21 Å². The number of hydrazone groups is 1. The number of allylic oxidation sites excluding steroid dienone is 2. The Kier molecular flexibility index (Phi) is 3.22. The lowest BCUT2D eigenvalue weighted by Crippen LogP contribution is -2.26. The minimum Gasteiger partial charge on any atom is -0.388 e. The minimum absolute atomic E-state index is 0.211. The quantitative estimate of drug-likeness (QED) is 0.405. The average Bonchev–Trinajstić information content (AvgIpc) is 2.08. The highest BCUT2D eigenvalue weighted by Crippen LogP contribution is 2.09. The second kappa shape index (κ2) is 4.42. The summed E-state index contributed by atoms with van der Waals surface area (Å²) in [6.07, 6.45) is 7.79. The van der Waals surface area contributed by atoms with Gasteiger partial charge in [-0.1, -0.05) is 24.3 Å². The minimum atomic E-state index is -0.721. The molecule has 1 aliphatic carbocycles. The summed E-state index contributed by atoms with van der Waals surface area (Å²) in [4.78, 5) is 10.2.